The second-order valence-corrected chi connectivity index (χ2v) is 5.23. The van der Waals surface area contributed by atoms with E-state index < -0.39 is 23.3 Å². The van der Waals surface area contributed by atoms with Gasteiger partial charge in [-0.1, -0.05) is 30.3 Å². The molecule has 0 aromatic heterocycles. The minimum absolute atomic E-state index is 0.173. The topological polar surface area (TPSA) is 9.23 Å². The molecule has 0 aliphatic carbocycles. The van der Waals surface area contributed by atoms with Crippen molar-refractivity contribution in [2.45, 2.75) is 13.0 Å². The zero-order chi connectivity index (χ0) is 16.6. The summed E-state index contributed by atoms with van der Waals surface area (Å²) in [6, 6.07) is 13.1. The minimum Gasteiger partial charge on any atom is -0.429 e. The first-order chi connectivity index (χ1) is 10.9. The first-order valence-corrected chi connectivity index (χ1v) is 6.88. The van der Waals surface area contributed by atoms with E-state index in [1.165, 1.54) is 19.1 Å². The molecular formula is C18H12F4O. The van der Waals surface area contributed by atoms with Gasteiger partial charge in [-0.25, -0.2) is 8.78 Å². The van der Waals surface area contributed by atoms with Gasteiger partial charge in [0.05, 0.1) is 0 Å². The van der Waals surface area contributed by atoms with Crippen molar-refractivity contribution in [3.05, 3.63) is 77.4 Å². The molecule has 0 saturated carbocycles. The van der Waals surface area contributed by atoms with Gasteiger partial charge in [-0.3, -0.25) is 0 Å². The van der Waals surface area contributed by atoms with Crippen LogP contribution in [0.3, 0.4) is 0 Å². The number of rotatable bonds is 3. The number of halogens is 4. The van der Waals surface area contributed by atoms with Crippen LogP contribution in [0.25, 0.3) is 10.8 Å². The predicted octanol–water partition coefficient (Wildman–Crippen LogP) is 5.55. The summed E-state index contributed by atoms with van der Waals surface area (Å²) in [6.07, 6.45) is -4.12. The number of ether oxygens (including phenoxy) is 1. The summed E-state index contributed by atoms with van der Waals surface area (Å²) < 4.78 is 60.5. The van der Waals surface area contributed by atoms with Crippen LogP contribution in [0.15, 0.2) is 54.6 Å². The van der Waals surface area contributed by atoms with Crippen molar-refractivity contribution in [1.82, 2.24) is 0 Å². The standard InChI is InChI=1S/C18H12F4O/c1-11-8-15(19)17(16(20)9-11)18(21,22)23-14-7-6-12-4-2-3-5-13(12)10-14/h2-10H,1H3. The molecule has 0 fully saturated rings. The molecule has 0 amide bonds. The Morgan fingerprint density at radius 1 is 0.826 bits per heavy atom. The van der Waals surface area contributed by atoms with E-state index in [0.29, 0.717) is 5.39 Å². The first kappa shape index (κ1) is 15.3. The Balaban J connectivity index is 1.99. The maximum Gasteiger partial charge on any atom is 0.432 e. The molecule has 0 atom stereocenters. The lowest BCUT2D eigenvalue weighted by Gasteiger charge is -2.20. The second kappa shape index (κ2) is 5.57. The Kier molecular flexibility index (Phi) is 3.72. The molecule has 0 spiro atoms. The monoisotopic (exact) mass is 320 g/mol. The zero-order valence-corrected chi connectivity index (χ0v) is 12.1. The van der Waals surface area contributed by atoms with Crippen LogP contribution in [0.1, 0.15) is 11.1 Å². The van der Waals surface area contributed by atoms with Crippen LogP contribution >= 0.6 is 0 Å². The lowest BCUT2D eigenvalue weighted by atomic mass is 10.1. The highest BCUT2D eigenvalue weighted by Gasteiger charge is 2.41. The molecule has 5 heteroatoms. The quantitative estimate of drug-likeness (QED) is 0.575. The Morgan fingerprint density at radius 3 is 2.09 bits per heavy atom. The van der Waals surface area contributed by atoms with Crippen LogP contribution in [0.5, 0.6) is 5.75 Å². The number of fused-ring (bicyclic) bond motifs is 1. The summed E-state index contributed by atoms with van der Waals surface area (Å²) >= 11 is 0. The summed E-state index contributed by atoms with van der Waals surface area (Å²) in [5, 5.41) is 1.53. The summed E-state index contributed by atoms with van der Waals surface area (Å²) in [4.78, 5) is 0. The van der Waals surface area contributed by atoms with E-state index in [1.807, 2.05) is 12.1 Å². The fraction of sp³-hybridized carbons (Fsp3) is 0.111. The van der Waals surface area contributed by atoms with Gasteiger partial charge in [0.15, 0.2) is 0 Å². The average molecular weight is 320 g/mol. The zero-order valence-electron chi connectivity index (χ0n) is 12.1. The predicted molar refractivity (Wildman–Crippen MR) is 79.6 cm³/mol. The fourth-order valence-corrected chi connectivity index (χ4v) is 2.41. The van der Waals surface area contributed by atoms with Crippen molar-refractivity contribution in [2.24, 2.45) is 0 Å². The first-order valence-electron chi connectivity index (χ1n) is 6.88. The molecule has 1 nitrogen and oxygen atoms in total. The molecular weight excluding hydrogens is 308 g/mol. The third-order valence-electron chi connectivity index (χ3n) is 3.44. The van der Waals surface area contributed by atoms with E-state index in [4.69, 9.17) is 0 Å². The Bertz CT molecular complexity index is 851. The maximum absolute atomic E-state index is 14.2. The Labute approximate surface area is 130 Å². The highest BCUT2D eigenvalue weighted by atomic mass is 19.3. The Hall–Kier alpha value is -2.56. The third-order valence-corrected chi connectivity index (χ3v) is 3.44. The van der Waals surface area contributed by atoms with E-state index >= 15 is 0 Å². The molecule has 3 aromatic carbocycles. The number of hydrogen-bond donors (Lipinski definition) is 0. The normalized spacial score (nSPS) is 11.7. The van der Waals surface area contributed by atoms with E-state index in [2.05, 4.69) is 4.74 Å². The molecule has 0 N–H and O–H groups in total. The molecule has 0 aliphatic rings. The van der Waals surface area contributed by atoms with E-state index in [0.717, 1.165) is 17.5 Å². The van der Waals surface area contributed by atoms with Crippen LogP contribution in [-0.4, -0.2) is 0 Å². The second-order valence-electron chi connectivity index (χ2n) is 5.23. The number of benzene rings is 3. The van der Waals surface area contributed by atoms with Crippen molar-refractivity contribution in [2.75, 3.05) is 0 Å². The fourth-order valence-electron chi connectivity index (χ4n) is 2.41. The van der Waals surface area contributed by atoms with Crippen LogP contribution in [0.4, 0.5) is 17.6 Å². The maximum atomic E-state index is 14.2. The van der Waals surface area contributed by atoms with Crippen LogP contribution in [0.2, 0.25) is 0 Å². The number of hydrogen-bond acceptors (Lipinski definition) is 1. The van der Waals surface area contributed by atoms with Gasteiger partial charge in [0.2, 0.25) is 0 Å². The molecule has 3 aromatic rings. The van der Waals surface area contributed by atoms with Crippen molar-refractivity contribution < 1.29 is 22.3 Å². The molecule has 3 rings (SSSR count). The smallest absolute Gasteiger partial charge is 0.429 e. The summed E-state index contributed by atoms with van der Waals surface area (Å²) in [5.41, 5.74) is -1.18. The van der Waals surface area contributed by atoms with E-state index in [9.17, 15) is 17.6 Å². The third kappa shape index (κ3) is 2.99. The van der Waals surface area contributed by atoms with Gasteiger partial charge in [0.25, 0.3) is 0 Å². The number of alkyl halides is 2. The molecule has 118 valence electrons. The molecule has 0 radical (unpaired) electrons. The number of aryl methyl sites for hydroxylation is 1. The van der Waals surface area contributed by atoms with E-state index in [-0.39, 0.29) is 11.3 Å². The largest absolute Gasteiger partial charge is 0.432 e. The molecule has 0 saturated heterocycles. The lowest BCUT2D eigenvalue weighted by Crippen LogP contribution is -2.25. The highest BCUT2D eigenvalue weighted by molar-refractivity contribution is 5.83. The molecule has 23 heavy (non-hydrogen) atoms. The van der Waals surface area contributed by atoms with Gasteiger partial charge in [0, 0.05) is 0 Å². The lowest BCUT2D eigenvalue weighted by molar-refractivity contribution is -0.189. The van der Waals surface area contributed by atoms with Gasteiger partial charge in [-0.05, 0) is 47.5 Å². The van der Waals surface area contributed by atoms with Gasteiger partial charge in [-0.15, -0.1) is 0 Å². The van der Waals surface area contributed by atoms with Crippen LogP contribution in [-0.2, 0) is 6.11 Å². The molecule has 0 unspecified atom stereocenters. The van der Waals surface area contributed by atoms with Gasteiger partial charge < -0.3 is 4.74 Å². The van der Waals surface area contributed by atoms with Crippen molar-refractivity contribution in [3.63, 3.8) is 0 Å². The average Bonchev–Trinajstić information content (AvgIpc) is 2.45. The van der Waals surface area contributed by atoms with Gasteiger partial charge >= 0.3 is 6.11 Å². The summed E-state index contributed by atoms with van der Waals surface area (Å²) in [6.45, 7) is 1.41. The van der Waals surface area contributed by atoms with Gasteiger partial charge in [0.1, 0.15) is 22.9 Å². The summed E-state index contributed by atoms with van der Waals surface area (Å²) in [7, 11) is 0. The van der Waals surface area contributed by atoms with Crippen LogP contribution < -0.4 is 4.74 Å². The van der Waals surface area contributed by atoms with E-state index in [1.54, 1.807) is 18.2 Å². The molecule has 0 aliphatic heterocycles. The minimum atomic E-state index is -4.12. The van der Waals surface area contributed by atoms with Crippen molar-refractivity contribution in [3.8, 4) is 5.75 Å². The van der Waals surface area contributed by atoms with Crippen molar-refractivity contribution in [1.29, 1.82) is 0 Å². The van der Waals surface area contributed by atoms with Crippen LogP contribution in [0, 0.1) is 18.6 Å². The van der Waals surface area contributed by atoms with Gasteiger partial charge in [-0.2, -0.15) is 8.78 Å². The highest BCUT2D eigenvalue weighted by Crippen LogP contribution is 2.36. The summed E-state index contributed by atoms with van der Waals surface area (Å²) in [5.74, 6) is -2.85. The molecule has 0 bridgehead atoms. The molecule has 0 heterocycles. The Morgan fingerprint density at radius 2 is 1.43 bits per heavy atom. The van der Waals surface area contributed by atoms with Crippen molar-refractivity contribution >= 4 is 10.8 Å². The SMILES string of the molecule is Cc1cc(F)c(C(F)(F)Oc2ccc3ccccc3c2)c(F)c1.